The van der Waals surface area contributed by atoms with E-state index in [2.05, 4.69) is 15.4 Å². The third kappa shape index (κ3) is 7.55. The highest BCUT2D eigenvalue weighted by atomic mass is 35.5. The highest BCUT2D eigenvalue weighted by Crippen LogP contribution is 2.26. The lowest BCUT2D eigenvalue weighted by atomic mass is 10.0. The van der Waals surface area contributed by atoms with Crippen molar-refractivity contribution in [1.82, 2.24) is 15.4 Å². The lowest BCUT2D eigenvalue weighted by molar-refractivity contribution is -0.124. The quantitative estimate of drug-likeness (QED) is 0.305. The maximum Gasteiger partial charge on any atom is 0.262 e. The van der Waals surface area contributed by atoms with Gasteiger partial charge in [-0.05, 0) is 54.5 Å². The lowest BCUT2D eigenvalue weighted by Crippen LogP contribution is -2.49. The summed E-state index contributed by atoms with van der Waals surface area (Å²) < 4.78 is 48.0. The van der Waals surface area contributed by atoms with Gasteiger partial charge in [-0.15, -0.1) is 11.3 Å². The van der Waals surface area contributed by atoms with E-state index in [9.17, 15) is 22.4 Å². The van der Waals surface area contributed by atoms with Crippen molar-refractivity contribution in [2.45, 2.75) is 43.7 Å². The van der Waals surface area contributed by atoms with Crippen molar-refractivity contribution in [3.05, 3.63) is 64.2 Å². The molecule has 2 heterocycles. The maximum absolute atomic E-state index is 13.3. The fourth-order valence-corrected chi connectivity index (χ4v) is 7.08. The van der Waals surface area contributed by atoms with E-state index in [1.54, 1.807) is 0 Å². The Labute approximate surface area is 236 Å². The van der Waals surface area contributed by atoms with Crippen LogP contribution in [-0.4, -0.2) is 52.1 Å². The average molecular weight is 596 g/mol. The molecule has 4 rings (SSSR count). The summed E-state index contributed by atoms with van der Waals surface area (Å²) in [7, 11) is -3.96. The number of rotatable bonds is 11. The van der Waals surface area contributed by atoms with Crippen molar-refractivity contribution >= 4 is 54.9 Å². The standard InChI is InChI=1S/C27H31ClFN3O5S2/c1-16(2)11-21(32-27(34)24-12-17-5-3-4-6-23(17)38-24)26(33)30-15-22-18(9-10-37-22)14-31-39(35,36)25-8-7-19(29)13-20(25)28/h3-8,12-13,16,18,21-22,31H,9-11,14-15H2,1-2H3,(H,30,33)(H,32,34)/t18?,21-,22-/m0/s1. The van der Waals surface area contributed by atoms with E-state index < -0.39 is 28.0 Å². The molecular weight excluding hydrogens is 565 g/mol. The van der Waals surface area contributed by atoms with Crippen LogP contribution in [0.5, 0.6) is 0 Å². The largest absolute Gasteiger partial charge is 0.376 e. The van der Waals surface area contributed by atoms with Gasteiger partial charge in [0, 0.05) is 30.3 Å². The molecule has 0 spiro atoms. The first kappa shape index (κ1) is 29.4. The van der Waals surface area contributed by atoms with E-state index >= 15 is 0 Å². The number of carbonyl (C=O) groups is 2. The van der Waals surface area contributed by atoms with Crippen LogP contribution in [0, 0.1) is 17.7 Å². The van der Waals surface area contributed by atoms with E-state index in [1.165, 1.54) is 11.3 Å². The Morgan fingerprint density at radius 2 is 1.92 bits per heavy atom. The molecule has 8 nitrogen and oxygen atoms in total. The van der Waals surface area contributed by atoms with Crippen LogP contribution in [-0.2, 0) is 19.6 Å². The summed E-state index contributed by atoms with van der Waals surface area (Å²) in [5, 5.41) is 6.51. The lowest BCUT2D eigenvalue weighted by Gasteiger charge is -2.23. The van der Waals surface area contributed by atoms with Gasteiger partial charge in [-0.2, -0.15) is 0 Å². The van der Waals surface area contributed by atoms with Crippen molar-refractivity contribution < 1.29 is 27.1 Å². The second-order valence-corrected chi connectivity index (χ2v) is 13.2. The van der Waals surface area contributed by atoms with Gasteiger partial charge in [0.05, 0.1) is 16.0 Å². The molecule has 12 heteroatoms. The summed E-state index contributed by atoms with van der Waals surface area (Å²) in [5.41, 5.74) is 0. The van der Waals surface area contributed by atoms with E-state index in [0.29, 0.717) is 24.3 Å². The number of fused-ring (bicyclic) bond motifs is 1. The number of hydrogen-bond acceptors (Lipinski definition) is 6. The molecule has 2 aromatic carbocycles. The van der Waals surface area contributed by atoms with E-state index in [-0.39, 0.29) is 46.7 Å². The minimum atomic E-state index is -3.96. The van der Waals surface area contributed by atoms with Gasteiger partial charge in [-0.25, -0.2) is 17.5 Å². The SMILES string of the molecule is CC(C)C[C@H](NC(=O)c1cc2ccccc2s1)C(=O)NC[C@@H]1OCCC1CNS(=O)(=O)c1ccc(F)cc1Cl. The zero-order chi connectivity index (χ0) is 28.2. The summed E-state index contributed by atoms with van der Waals surface area (Å²) in [6, 6.07) is 11.9. The topological polar surface area (TPSA) is 114 Å². The van der Waals surface area contributed by atoms with E-state index in [1.807, 2.05) is 44.2 Å². The number of nitrogens with one attached hydrogen (secondary N) is 3. The minimum absolute atomic E-state index is 0.0642. The van der Waals surface area contributed by atoms with Crippen LogP contribution < -0.4 is 15.4 Å². The third-order valence-electron chi connectivity index (χ3n) is 6.52. The first-order chi connectivity index (χ1) is 18.5. The number of hydrogen-bond donors (Lipinski definition) is 3. The zero-order valence-electron chi connectivity index (χ0n) is 21.6. The normalized spacial score (nSPS) is 18.4. The number of ether oxygens (including phenoxy) is 1. The summed E-state index contributed by atoms with van der Waals surface area (Å²) in [4.78, 5) is 26.4. The van der Waals surface area contributed by atoms with Gasteiger partial charge in [0.1, 0.15) is 16.8 Å². The molecular formula is C27H31ClFN3O5S2. The zero-order valence-corrected chi connectivity index (χ0v) is 24.0. The van der Waals surface area contributed by atoms with E-state index in [0.717, 1.165) is 28.3 Å². The molecule has 0 bridgehead atoms. The predicted octanol–water partition coefficient (Wildman–Crippen LogP) is 4.34. The van der Waals surface area contributed by atoms with Crippen LogP contribution >= 0.6 is 22.9 Å². The molecule has 0 radical (unpaired) electrons. The molecule has 39 heavy (non-hydrogen) atoms. The molecule has 1 aliphatic rings. The van der Waals surface area contributed by atoms with Gasteiger partial charge < -0.3 is 15.4 Å². The van der Waals surface area contributed by atoms with Crippen molar-refractivity contribution in [2.75, 3.05) is 19.7 Å². The number of benzene rings is 2. The second-order valence-electron chi connectivity index (χ2n) is 9.93. The summed E-state index contributed by atoms with van der Waals surface area (Å²) in [6.45, 7) is 4.59. The van der Waals surface area contributed by atoms with Gasteiger partial charge in [-0.3, -0.25) is 9.59 Å². The Morgan fingerprint density at radius 3 is 2.64 bits per heavy atom. The van der Waals surface area contributed by atoms with Gasteiger partial charge in [0.25, 0.3) is 5.91 Å². The number of amides is 2. The predicted molar refractivity (Wildman–Crippen MR) is 150 cm³/mol. The number of sulfonamides is 1. The van der Waals surface area contributed by atoms with Gasteiger partial charge in [0.15, 0.2) is 0 Å². The first-order valence-corrected chi connectivity index (χ1v) is 15.3. The summed E-state index contributed by atoms with van der Waals surface area (Å²) in [5.74, 6) is -1.30. The maximum atomic E-state index is 13.3. The summed E-state index contributed by atoms with van der Waals surface area (Å²) in [6.07, 6.45) is 0.631. The molecule has 0 saturated carbocycles. The fraction of sp³-hybridized carbons (Fsp3) is 0.407. The molecule has 210 valence electrons. The van der Waals surface area contributed by atoms with Crippen LogP contribution in [0.15, 0.2) is 53.4 Å². The van der Waals surface area contributed by atoms with Crippen LogP contribution in [0.4, 0.5) is 4.39 Å². The van der Waals surface area contributed by atoms with Gasteiger partial charge >= 0.3 is 0 Å². The molecule has 3 aromatic rings. The molecule has 3 atom stereocenters. The van der Waals surface area contributed by atoms with Crippen LogP contribution in [0.25, 0.3) is 10.1 Å². The van der Waals surface area contributed by atoms with Gasteiger partial charge in [0.2, 0.25) is 15.9 Å². The van der Waals surface area contributed by atoms with Crippen molar-refractivity contribution in [3.63, 3.8) is 0 Å². The molecule has 3 N–H and O–H groups in total. The average Bonchev–Trinajstić information content (AvgIpc) is 3.52. The molecule has 2 amide bonds. The monoisotopic (exact) mass is 595 g/mol. The number of halogens is 2. The smallest absolute Gasteiger partial charge is 0.262 e. The Hall–Kier alpha value is -2.57. The molecule has 0 aliphatic carbocycles. The summed E-state index contributed by atoms with van der Waals surface area (Å²) >= 11 is 7.30. The number of carbonyl (C=O) groups excluding carboxylic acids is 2. The Morgan fingerprint density at radius 1 is 1.15 bits per heavy atom. The Kier molecular flexibility index (Phi) is 9.60. The Bertz CT molecular complexity index is 1410. The van der Waals surface area contributed by atoms with E-state index in [4.69, 9.17) is 16.3 Å². The second kappa shape index (κ2) is 12.7. The molecule has 1 fully saturated rings. The van der Waals surface area contributed by atoms with Gasteiger partial charge in [-0.1, -0.05) is 43.6 Å². The minimum Gasteiger partial charge on any atom is -0.376 e. The van der Waals surface area contributed by atoms with Crippen LogP contribution in [0.1, 0.15) is 36.4 Å². The molecule has 1 aliphatic heterocycles. The Balaban J connectivity index is 1.34. The van der Waals surface area contributed by atoms with Crippen molar-refractivity contribution in [3.8, 4) is 0 Å². The highest BCUT2D eigenvalue weighted by Gasteiger charge is 2.32. The van der Waals surface area contributed by atoms with Crippen LogP contribution in [0.3, 0.4) is 0 Å². The number of thiophene rings is 1. The van der Waals surface area contributed by atoms with Crippen molar-refractivity contribution in [2.24, 2.45) is 11.8 Å². The van der Waals surface area contributed by atoms with Crippen LogP contribution in [0.2, 0.25) is 5.02 Å². The molecule has 1 aromatic heterocycles. The first-order valence-electron chi connectivity index (χ1n) is 12.7. The fourth-order valence-electron chi connectivity index (χ4n) is 4.49. The third-order valence-corrected chi connectivity index (χ3v) is 9.54. The molecule has 1 saturated heterocycles. The van der Waals surface area contributed by atoms with Crippen molar-refractivity contribution in [1.29, 1.82) is 0 Å². The molecule has 1 unspecified atom stereocenters. The highest BCUT2D eigenvalue weighted by molar-refractivity contribution is 7.89.